The van der Waals surface area contributed by atoms with Gasteiger partial charge in [-0.15, -0.1) is 21.8 Å². The molecule has 0 bridgehead atoms. The topological polar surface area (TPSA) is 43.1 Å². The lowest BCUT2D eigenvalue weighted by molar-refractivity contribution is -0.137. The van der Waals surface area contributed by atoms with Gasteiger partial charge in [0.05, 0.1) is 22.8 Å². The van der Waals surface area contributed by atoms with Crippen molar-refractivity contribution in [2.45, 2.75) is 18.6 Å². The Hall–Kier alpha value is -2.38. The standard InChI is InChI=1S/C18H11Cl2F3N4/c19-8-14-25-26-15-9-24-16(10-4-6-11(20)7-5-10)12-2-1-3-13(18(21,22)23)17(12)27(14)15/h1-7H,8-9H2. The molecule has 138 valence electrons. The fraction of sp³-hybridized carbons (Fsp3) is 0.167. The van der Waals surface area contributed by atoms with Crippen LogP contribution in [0.1, 0.15) is 28.3 Å². The molecule has 9 heteroatoms. The van der Waals surface area contributed by atoms with Gasteiger partial charge in [-0.3, -0.25) is 9.56 Å². The first-order chi connectivity index (χ1) is 12.9. The number of para-hydroxylation sites is 1. The van der Waals surface area contributed by atoms with Crippen LogP contribution in [0.25, 0.3) is 5.69 Å². The summed E-state index contributed by atoms with van der Waals surface area (Å²) in [6.07, 6.45) is -4.56. The van der Waals surface area contributed by atoms with Gasteiger partial charge in [-0.1, -0.05) is 35.9 Å². The van der Waals surface area contributed by atoms with Crippen LogP contribution in [-0.2, 0) is 18.6 Å². The zero-order valence-corrected chi connectivity index (χ0v) is 15.1. The molecule has 2 aromatic carbocycles. The van der Waals surface area contributed by atoms with Crippen LogP contribution in [0.15, 0.2) is 47.5 Å². The number of alkyl halides is 4. The minimum atomic E-state index is -4.56. The maximum atomic E-state index is 13.8. The maximum Gasteiger partial charge on any atom is 0.418 e. The Morgan fingerprint density at radius 3 is 2.44 bits per heavy atom. The van der Waals surface area contributed by atoms with Crippen LogP contribution in [0.4, 0.5) is 13.2 Å². The van der Waals surface area contributed by atoms with Crippen molar-refractivity contribution in [2.24, 2.45) is 4.99 Å². The van der Waals surface area contributed by atoms with Gasteiger partial charge in [0.15, 0.2) is 11.6 Å². The second-order valence-electron chi connectivity index (χ2n) is 5.87. The average Bonchev–Trinajstić information content (AvgIpc) is 2.97. The van der Waals surface area contributed by atoms with E-state index in [1.807, 2.05) is 0 Å². The van der Waals surface area contributed by atoms with Gasteiger partial charge < -0.3 is 0 Å². The third-order valence-electron chi connectivity index (χ3n) is 4.23. The third-order valence-corrected chi connectivity index (χ3v) is 4.72. The molecule has 0 N–H and O–H groups in total. The first-order valence-electron chi connectivity index (χ1n) is 7.90. The molecule has 1 aliphatic rings. The lowest BCUT2D eigenvalue weighted by Gasteiger charge is -2.19. The maximum absolute atomic E-state index is 13.8. The highest BCUT2D eigenvalue weighted by Gasteiger charge is 2.37. The highest BCUT2D eigenvalue weighted by atomic mass is 35.5. The largest absolute Gasteiger partial charge is 0.418 e. The zero-order valence-electron chi connectivity index (χ0n) is 13.6. The van der Waals surface area contributed by atoms with E-state index in [2.05, 4.69) is 15.2 Å². The summed E-state index contributed by atoms with van der Waals surface area (Å²) in [4.78, 5) is 4.52. The van der Waals surface area contributed by atoms with E-state index >= 15 is 0 Å². The number of nitrogens with zero attached hydrogens (tertiary/aromatic N) is 4. The summed E-state index contributed by atoms with van der Waals surface area (Å²) in [7, 11) is 0. The summed E-state index contributed by atoms with van der Waals surface area (Å²) >= 11 is 11.8. The van der Waals surface area contributed by atoms with Gasteiger partial charge in [-0.05, 0) is 18.2 Å². The van der Waals surface area contributed by atoms with E-state index in [0.29, 0.717) is 27.7 Å². The Kier molecular flexibility index (Phi) is 4.44. The van der Waals surface area contributed by atoms with Gasteiger partial charge in [-0.25, -0.2) is 0 Å². The lowest BCUT2D eigenvalue weighted by Crippen LogP contribution is -2.17. The van der Waals surface area contributed by atoms with Gasteiger partial charge in [-0.2, -0.15) is 13.2 Å². The van der Waals surface area contributed by atoms with Crippen LogP contribution in [0.3, 0.4) is 0 Å². The SMILES string of the molecule is FC(F)(F)c1cccc2c1-n1c(CCl)nnc1CN=C2c1ccc(Cl)cc1. The Bertz CT molecular complexity index is 1040. The Balaban J connectivity index is 2.05. The fourth-order valence-corrected chi connectivity index (χ4v) is 3.39. The molecule has 0 saturated heterocycles. The van der Waals surface area contributed by atoms with Crippen LogP contribution in [0, 0.1) is 0 Å². The number of halogens is 5. The Labute approximate surface area is 162 Å². The second-order valence-corrected chi connectivity index (χ2v) is 6.58. The number of hydrogen-bond acceptors (Lipinski definition) is 3. The van der Waals surface area contributed by atoms with E-state index < -0.39 is 11.7 Å². The van der Waals surface area contributed by atoms with E-state index in [-0.39, 0.29) is 23.9 Å². The molecule has 1 aromatic heterocycles. The zero-order chi connectivity index (χ0) is 19.2. The molecule has 2 heterocycles. The van der Waals surface area contributed by atoms with Gasteiger partial charge in [0.1, 0.15) is 6.54 Å². The molecule has 27 heavy (non-hydrogen) atoms. The monoisotopic (exact) mass is 410 g/mol. The van der Waals surface area contributed by atoms with Gasteiger partial charge in [0.25, 0.3) is 0 Å². The van der Waals surface area contributed by atoms with Crippen molar-refractivity contribution in [3.8, 4) is 5.69 Å². The Morgan fingerprint density at radius 2 is 1.78 bits per heavy atom. The molecule has 0 atom stereocenters. The van der Waals surface area contributed by atoms with Crippen LogP contribution in [-0.4, -0.2) is 20.5 Å². The van der Waals surface area contributed by atoms with Crippen LogP contribution in [0.5, 0.6) is 0 Å². The van der Waals surface area contributed by atoms with E-state index in [1.165, 1.54) is 10.6 Å². The molecule has 0 unspecified atom stereocenters. The first-order valence-corrected chi connectivity index (χ1v) is 8.82. The number of aromatic nitrogens is 3. The van der Waals surface area contributed by atoms with Crippen molar-refractivity contribution in [3.63, 3.8) is 0 Å². The number of aliphatic imine (C=N–C) groups is 1. The van der Waals surface area contributed by atoms with Crippen molar-refractivity contribution in [1.29, 1.82) is 0 Å². The second kappa shape index (κ2) is 6.65. The molecule has 3 aromatic rings. The fourth-order valence-electron chi connectivity index (χ4n) is 3.09. The number of hydrogen-bond donors (Lipinski definition) is 0. The molecule has 0 aliphatic carbocycles. The number of fused-ring (bicyclic) bond motifs is 3. The molecule has 0 radical (unpaired) electrons. The van der Waals surface area contributed by atoms with Crippen molar-refractivity contribution in [2.75, 3.05) is 0 Å². The minimum absolute atomic E-state index is 0.0631. The molecule has 0 fully saturated rings. The molecule has 4 rings (SSSR count). The third kappa shape index (κ3) is 3.11. The van der Waals surface area contributed by atoms with Gasteiger partial charge >= 0.3 is 6.18 Å². The molecule has 4 nitrogen and oxygen atoms in total. The molecular formula is C18H11Cl2F3N4. The molecule has 0 spiro atoms. The highest BCUT2D eigenvalue weighted by molar-refractivity contribution is 6.30. The normalized spacial score (nSPS) is 13.6. The predicted octanol–water partition coefficient (Wildman–Crippen LogP) is 5.03. The first kappa shape index (κ1) is 18.0. The van der Waals surface area contributed by atoms with Crippen molar-refractivity contribution < 1.29 is 13.2 Å². The predicted molar refractivity (Wildman–Crippen MR) is 96.7 cm³/mol. The minimum Gasteiger partial charge on any atom is -0.279 e. The summed E-state index contributed by atoms with van der Waals surface area (Å²) in [6, 6.07) is 10.8. The Morgan fingerprint density at radius 1 is 1.04 bits per heavy atom. The quantitative estimate of drug-likeness (QED) is 0.556. The van der Waals surface area contributed by atoms with E-state index in [0.717, 1.165) is 6.07 Å². The number of benzene rings is 2. The van der Waals surface area contributed by atoms with Crippen molar-refractivity contribution >= 4 is 28.9 Å². The summed E-state index contributed by atoms with van der Waals surface area (Å²) in [5, 5.41) is 8.43. The summed E-state index contributed by atoms with van der Waals surface area (Å²) < 4.78 is 42.7. The van der Waals surface area contributed by atoms with Crippen LogP contribution < -0.4 is 0 Å². The molecule has 0 amide bonds. The van der Waals surface area contributed by atoms with Gasteiger partial charge in [0.2, 0.25) is 0 Å². The van der Waals surface area contributed by atoms with Crippen molar-refractivity contribution in [3.05, 3.63) is 75.8 Å². The van der Waals surface area contributed by atoms with E-state index in [9.17, 15) is 13.2 Å². The molecule has 1 aliphatic heterocycles. The molecule has 0 saturated carbocycles. The van der Waals surface area contributed by atoms with Crippen LogP contribution >= 0.6 is 23.2 Å². The van der Waals surface area contributed by atoms with E-state index in [1.54, 1.807) is 30.3 Å². The smallest absolute Gasteiger partial charge is 0.279 e. The molecular weight excluding hydrogens is 400 g/mol. The lowest BCUT2D eigenvalue weighted by atomic mass is 9.97. The van der Waals surface area contributed by atoms with E-state index in [4.69, 9.17) is 23.2 Å². The average molecular weight is 411 g/mol. The highest BCUT2D eigenvalue weighted by Crippen LogP contribution is 2.38. The van der Waals surface area contributed by atoms with Crippen molar-refractivity contribution in [1.82, 2.24) is 14.8 Å². The van der Waals surface area contributed by atoms with Crippen LogP contribution in [0.2, 0.25) is 5.02 Å². The number of rotatable bonds is 2. The summed E-state index contributed by atoms with van der Waals surface area (Å²) in [6.45, 7) is 0.0772. The summed E-state index contributed by atoms with van der Waals surface area (Å²) in [5.41, 5.74) is 0.560. The van der Waals surface area contributed by atoms with Gasteiger partial charge in [0, 0.05) is 16.1 Å². The summed E-state index contributed by atoms with van der Waals surface area (Å²) in [5.74, 6) is 0.458.